The van der Waals surface area contributed by atoms with Crippen molar-refractivity contribution in [2.45, 2.75) is 82.3 Å². The van der Waals surface area contributed by atoms with E-state index in [1.807, 2.05) is 4.68 Å². The highest BCUT2D eigenvalue weighted by molar-refractivity contribution is 7.99. The van der Waals surface area contributed by atoms with Gasteiger partial charge < -0.3 is 5.73 Å². The SMILES string of the molecule is CCC(N)C(Sc1nnnn1C1CCCC1)C(C)(C)C. The zero-order chi connectivity index (χ0) is 14.8. The Bertz CT molecular complexity index is 419. The second-order valence-electron chi connectivity index (χ2n) is 6.82. The van der Waals surface area contributed by atoms with Crippen LogP contribution in [-0.2, 0) is 0 Å². The van der Waals surface area contributed by atoms with E-state index in [1.54, 1.807) is 11.8 Å². The normalized spacial score (nSPS) is 20.2. The van der Waals surface area contributed by atoms with E-state index >= 15 is 0 Å². The van der Waals surface area contributed by atoms with Gasteiger partial charge in [-0.1, -0.05) is 52.3 Å². The zero-order valence-corrected chi connectivity index (χ0v) is 13.9. The third-order valence-electron chi connectivity index (χ3n) is 4.08. The first-order valence-electron chi connectivity index (χ1n) is 7.63. The zero-order valence-electron chi connectivity index (χ0n) is 13.0. The lowest BCUT2D eigenvalue weighted by Gasteiger charge is -2.34. The first-order chi connectivity index (χ1) is 9.43. The van der Waals surface area contributed by atoms with Crippen molar-refractivity contribution in [3.8, 4) is 0 Å². The summed E-state index contributed by atoms with van der Waals surface area (Å²) in [5.74, 6) is 0. The van der Waals surface area contributed by atoms with Crippen LogP contribution in [0, 0.1) is 5.41 Å². The predicted molar refractivity (Wildman–Crippen MR) is 82.7 cm³/mol. The smallest absolute Gasteiger partial charge is 0.209 e. The van der Waals surface area contributed by atoms with Gasteiger partial charge in [0.25, 0.3) is 0 Å². The van der Waals surface area contributed by atoms with Crippen molar-refractivity contribution in [1.29, 1.82) is 0 Å². The number of hydrogen-bond donors (Lipinski definition) is 1. The predicted octanol–water partition coefficient (Wildman–Crippen LogP) is 3.03. The molecule has 114 valence electrons. The van der Waals surface area contributed by atoms with Crippen LogP contribution in [0.25, 0.3) is 0 Å². The minimum Gasteiger partial charge on any atom is -0.327 e. The van der Waals surface area contributed by atoms with E-state index in [9.17, 15) is 0 Å². The van der Waals surface area contributed by atoms with Crippen LogP contribution in [-0.4, -0.2) is 31.5 Å². The number of nitrogens with two attached hydrogens (primary N) is 1. The molecule has 0 radical (unpaired) electrons. The van der Waals surface area contributed by atoms with Crippen LogP contribution in [0.4, 0.5) is 0 Å². The Balaban J connectivity index is 2.16. The quantitative estimate of drug-likeness (QED) is 0.846. The molecule has 2 unspecified atom stereocenters. The van der Waals surface area contributed by atoms with Gasteiger partial charge in [0, 0.05) is 11.3 Å². The average Bonchev–Trinajstić information content (AvgIpc) is 3.03. The van der Waals surface area contributed by atoms with Gasteiger partial charge in [0.1, 0.15) is 0 Å². The maximum Gasteiger partial charge on any atom is 0.209 e. The summed E-state index contributed by atoms with van der Waals surface area (Å²) in [6.07, 6.45) is 5.93. The average molecular weight is 297 g/mol. The second kappa shape index (κ2) is 6.43. The van der Waals surface area contributed by atoms with E-state index in [0.29, 0.717) is 11.3 Å². The summed E-state index contributed by atoms with van der Waals surface area (Å²) in [5.41, 5.74) is 6.46. The number of thioether (sulfide) groups is 1. The molecular weight excluding hydrogens is 270 g/mol. The number of hydrogen-bond acceptors (Lipinski definition) is 5. The highest BCUT2D eigenvalue weighted by Crippen LogP contribution is 2.39. The van der Waals surface area contributed by atoms with Crippen molar-refractivity contribution in [2.24, 2.45) is 11.1 Å². The molecule has 1 saturated carbocycles. The van der Waals surface area contributed by atoms with Gasteiger partial charge in [-0.3, -0.25) is 0 Å². The summed E-state index contributed by atoms with van der Waals surface area (Å²) < 4.78 is 2.03. The van der Waals surface area contributed by atoms with Crippen molar-refractivity contribution >= 4 is 11.8 Å². The fraction of sp³-hybridized carbons (Fsp3) is 0.929. The molecule has 2 atom stereocenters. The summed E-state index contributed by atoms with van der Waals surface area (Å²) >= 11 is 1.75. The Morgan fingerprint density at radius 3 is 2.55 bits per heavy atom. The highest BCUT2D eigenvalue weighted by atomic mass is 32.2. The molecule has 0 aliphatic heterocycles. The van der Waals surface area contributed by atoms with Crippen LogP contribution in [0.3, 0.4) is 0 Å². The van der Waals surface area contributed by atoms with Gasteiger partial charge in [0.2, 0.25) is 5.16 Å². The summed E-state index contributed by atoms with van der Waals surface area (Å²) in [5, 5.41) is 13.6. The molecule has 0 saturated heterocycles. The van der Waals surface area contributed by atoms with Crippen LogP contribution in [0.15, 0.2) is 5.16 Å². The molecule has 6 heteroatoms. The lowest BCUT2D eigenvalue weighted by atomic mass is 9.87. The molecule has 20 heavy (non-hydrogen) atoms. The van der Waals surface area contributed by atoms with Crippen molar-refractivity contribution < 1.29 is 0 Å². The van der Waals surface area contributed by atoms with Gasteiger partial charge in [0.05, 0.1) is 6.04 Å². The van der Waals surface area contributed by atoms with E-state index in [0.717, 1.165) is 11.6 Å². The minimum absolute atomic E-state index is 0.131. The van der Waals surface area contributed by atoms with Crippen molar-refractivity contribution in [3.05, 3.63) is 0 Å². The molecule has 2 N–H and O–H groups in total. The third kappa shape index (κ3) is 3.52. The monoisotopic (exact) mass is 297 g/mol. The molecule has 1 fully saturated rings. The lowest BCUT2D eigenvalue weighted by molar-refractivity contribution is 0.347. The van der Waals surface area contributed by atoms with Gasteiger partial charge in [-0.2, -0.15) is 0 Å². The molecule has 1 aromatic rings. The molecule has 0 spiro atoms. The molecule has 0 aromatic carbocycles. The van der Waals surface area contributed by atoms with Crippen LogP contribution >= 0.6 is 11.8 Å². The summed E-state index contributed by atoms with van der Waals surface area (Å²) in [4.78, 5) is 0. The molecule has 1 heterocycles. The summed E-state index contributed by atoms with van der Waals surface area (Å²) in [6, 6.07) is 0.639. The molecule has 1 aliphatic carbocycles. The van der Waals surface area contributed by atoms with Gasteiger partial charge in [-0.15, -0.1) is 5.10 Å². The first-order valence-corrected chi connectivity index (χ1v) is 8.51. The fourth-order valence-corrected chi connectivity index (χ4v) is 4.20. The van der Waals surface area contributed by atoms with Crippen LogP contribution in [0.2, 0.25) is 0 Å². The van der Waals surface area contributed by atoms with E-state index in [4.69, 9.17) is 5.73 Å². The number of rotatable bonds is 5. The molecule has 0 amide bonds. The highest BCUT2D eigenvalue weighted by Gasteiger charge is 2.33. The van der Waals surface area contributed by atoms with Gasteiger partial charge in [-0.25, -0.2) is 4.68 Å². The number of nitrogens with zero attached hydrogens (tertiary/aromatic N) is 4. The topological polar surface area (TPSA) is 69.6 Å². The van der Waals surface area contributed by atoms with E-state index in [1.165, 1.54) is 25.7 Å². The van der Waals surface area contributed by atoms with E-state index in [-0.39, 0.29) is 11.5 Å². The Hall–Kier alpha value is -0.620. The minimum atomic E-state index is 0.131. The van der Waals surface area contributed by atoms with Crippen molar-refractivity contribution in [3.63, 3.8) is 0 Å². The van der Waals surface area contributed by atoms with Gasteiger partial charge in [-0.05, 0) is 35.1 Å². The Kier molecular flexibility index (Phi) is 5.07. The largest absolute Gasteiger partial charge is 0.327 e. The van der Waals surface area contributed by atoms with Gasteiger partial charge >= 0.3 is 0 Å². The summed E-state index contributed by atoms with van der Waals surface area (Å²) in [6.45, 7) is 8.86. The van der Waals surface area contributed by atoms with Crippen molar-refractivity contribution in [2.75, 3.05) is 0 Å². The Morgan fingerprint density at radius 2 is 2.00 bits per heavy atom. The first kappa shape index (κ1) is 15.8. The number of tetrazole rings is 1. The van der Waals surface area contributed by atoms with Crippen LogP contribution < -0.4 is 5.73 Å². The van der Waals surface area contributed by atoms with Crippen LogP contribution in [0.5, 0.6) is 0 Å². The molecule has 5 nitrogen and oxygen atoms in total. The van der Waals surface area contributed by atoms with E-state index < -0.39 is 0 Å². The standard InChI is InChI=1S/C14H27N5S/c1-5-11(15)12(14(2,3)4)20-13-16-17-18-19(13)10-8-6-7-9-10/h10-12H,5-9,15H2,1-4H3. The Morgan fingerprint density at radius 1 is 1.35 bits per heavy atom. The number of aromatic nitrogens is 4. The molecule has 0 bridgehead atoms. The maximum absolute atomic E-state index is 6.32. The molecule has 1 aromatic heterocycles. The van der Waals surface area contributed by atoms with Crippen LogP contribution in [0.1, 0.15) is 65.8 Å². The fourth-order valence-electron chi connectivity index (χ4n) is 2.88. The Labute approximate surface area is 126 Å². The van der Waals surface area contributed by atoms with E-state index in [2.05, 4.69) is 43.2 Å². The maximum atomic E-state index is 6.32. The van der Waals surface area contributed by atoms with Gasteiger partial charge in [0.15, 0.2) is 0 Å². The summed E-state index contributed by atoms with van der Waals surface area (Å²) in [7, 11) is 0. The van der Waals surface area contributed by atoms with Crippen molar-refractivity contribution in [1.82, 2.24) is 20.2 Å². The molecule has 2 rings (SSSR count). The lowest BCUT2D eigenvalue weighted by Crippen LogP contribution is -2.41. The second-order valence-corrected chi connectivity index (χ2v) is 7.93. The molecule has 1 aliphatic rings. The third-order valence-corrected chi connectivity index (χ3v) is 5.87. The molecular formula is C14H27N5S.